The molecule has 2 atom stereocenters. The van der Waals surface area contributed by atoms with E-state index in [2.05, 4.69) is 0 Å². The Bertz CT molecular complexity index is 335. The van der Waals surface area contributed by atoms with E-state index in [0.717, 1.165) is 44.3 Å². The van der Waals surface area contributed by atoms with Crippen molar-refractivity contribution in [2.45, 2.75) is 76.9 Å². The standard InChI is InChI=1S/C16H26O4/c1-13-9-7-5-3-2-4-6-8-10-14(17)15(18)11-12-16(19)20-13/h11-14,17H,2-10H2,1H3/b12-11+/t13?,14-/m0/s1. The minimum absolute atomic E-state index is 0.125. The van der Waals surface area contributed by atoms with Crippen molar-refractivity contribution >= 4 is 11.8 Å². The minimum atomic E-state index is -0.996. The average Bonchev–Trinajstić information content (AvgIpc) is 2.41. The third kappa shape index (κ3) is 7.43. The molecule has 1 aliphatic heterocycles. The molecule has 0 amide bonds. The fourth-order valence-corrected chi connectivity index (χ4v) is 2.35. The van der Waals surface area contributed by atoms with Crippen molar-refractivity contribution in [2.75, 3.05) is 0 Å². The Morgan fingerprint density at radius 3 is 2.15 bits per heavy atom. The summed E-state index contributed by atoms with van der Waals surface area (Å²) < 4.78 is 5.18. The first kappa shape index (κ1) is 16.9. The lowest BCUT2D eigenvalue weighted by molar-refractivity contribution is -0.142. The fourth-order valence-electron chi connectivity index (χ4n) is 2.35. The summed E-state index contributed by atoms with van der Waals surface area (Å²) in [6.07, 6.45) is 10.1. The van der Waals surface area contributed by atoms with E-state index in [9.17, 15) is 14.7 Å². The van der Waals surface area contributed by atoms with Gasteiger partial charge in [-0.2, -0.15) is 0 Å². The Hall–Kier alpha value is -1.16. The van der Waals surface area contributed by atoms with Crippen LogP contribution in [0.2, 0.25) is 0 Å². The van der Waals surface area contributed by atoms with Gasteiger partial charge in [0, 0.05) is 6.08 Å². The highest BCUT2D eigenvalue weighted by atomic mass is 16.5. The molecule has 0 aromatic heterocycles. The van der Waals surface area contributed by atoms with Gasteiger partial charge in [0.25, 0.3) is 0 Å². The molecule has 0 radical (unpaired) electrons. The third-order valence-electron chi connectivity index (χ3n) is 3.62. The van der Waals surface area contributed by atoms with Crippen molar-refractivity contribution in [3.05, 3.63) is 12.2 Å². The Morgan fingerprint density at radius 1 is 0.950 bits per heavy atom. The van der Waals surface area contributed by atoms with Gasteiger partial charge in [0.1, 0.15) is 6.10 Å². The van der Waals surface area contributed by atoms with Crippen molar-refractivity contribution in [3.8, 4) is 0 Å². The number of aliphatic hydroxyl groups excluding tert-OH is 1. The first-order valence-electron chi connectivity index (χ1n) is 7.70. The second-order valence-electron chi connectivity index (χ2n) is 5.55. The van der Waals surface area contributed by atoms with Gasteiger partial charge in [0.15, 0.2) is 5.78 Å². The molecule has 1 aliphatic rings. The lowest BCUT2D eigenvalue weighted by Crippen LogP contribution is -2.19. The maximum absolute atomic E-state index is 11.6. The lowest BCUT2D eigenvalue weighted by atomic mass is 10.0. The molecule has 4 heteroatoms. The summed E-state index contributed by atoms with van der Waals surface area (Å²) in [5, 5.41) is 9.67. The maximum Gasteiger partial charge on any atom is 0.331 e. The van der Waals surface area contributed by atoms with E-state index in [1.54, 1.807) is 0 Å². The van der Waals surface area contributed by atoms with Crippen LogP contribution in [0.25, 0.3) is 0 Å². The number of carbonyl (C=O) groups is 2. The molecule has 0 saturated heterocycles. The molecule has 0 fully saturated rings. The summed E-state index contributed by atoms with van der Waals surface area (Å²) >= 11 is 0. The van der Waals surface area contributed by atoms with Gasteiger partial charge >= 0.3 is 5.97 Å². The molecule has 0 aromatic rings. The molecule has 1 heterocycles. The lowest BCUT2D eigenvalue weighted by Gasteiger charge is -2.12. The third-order valence-corrected chi connectivity index (χ3v) is 3.62. The molecule has 4 nitrogen and oxygen atoms in total. The number of ketones is 1. The van der Waals surface area contributed by atoms with Crippen LogP contribution in [0.4, 0.5) is 0 Å². The molecule has 1 rings (SSSR count). The van der Waals surface area contributed by atoms with E-state index in [1.807, 2.05) is 6.92 Å². The van der Waals surface area contributed by atoms with E-state index in [1.165, 1.54) is 19.3 Å². The highest BCUT2D eigenvalue weighted by molar-refractivity contribution is 5.98. The van der Waals surface area contributed by atoms with E-state index in [-0.39, 0.29) is 6.10 Å². The number of carbonyl (C=O) groups excluding carboxylic acids is 2. The number of rotatable bonds is 0. The van der Waals surface area contributed by atoms with Crippen LogP contribution in [0, 0.1) is 0 Å². The van der Waals surface area contributed by atoms with Gasteiger partial charge < -0.3 is 9.84 Å². The van der Waals surface area contributed by atoms with Gasteiger partial charge in [-0.3, -0.25) is 4.79 Å². The van der Waals surface area contributed by atoms with Crippen LogP contribution >= 0.6 is 0 Å². The fraction of sp³-hybridized carbons (Fsp3) is 0.750. The highest BCUT2D eigenvalue weighted by Gasteiger charge is 2.13. The summed E-state index contributed by atoms with van der Waals surface area (Å²) in [6.45, 7) is 1.87. The largest absolute Gasteiger partial charge is 0.460 e. The van der Waals surface area contributed by atoms with E-state index in [0.29, 0.717) is 6.42 Å². The minimum Gasteiger partial charge on any atom is -0.460 e. The van der Waals surface area contributed by atoms with Gasteiger partial charge in [0.2, 0.25) is 0 Å². The summed E-state index contributed by atoms with van der Waals surface area (Å²) in [6, 6.07) is 0. The van der Waals surface area contributed by atoms with Gasteiger partial charge in [-0.05, 0) is 32.3 Å². The second kappa shape index (κ2) is 9.70. The van der Waals surface area contributed by atoms with Crippen LogP contribution in [0.5, 0.6) is 0 Å². The van der Waals surface area contributed by atoms with Crippen molar-refractivity contribution in [1.29, 1.82) is 0 Å². The Morgan fingerprint density at radius 2 is 1.50 bits per heavy atom. The number of cyclic esters (lactones) is 1. The normalized spacial score (nSPS) is 29.7. The molecule has 0 bridgehead atoms. The van der Waals surface area contributed by atoms with Crippen LogP contribution in [0.3, 0.4) is 0 Å². The first-order chi connectivity index (χ1) is 9.59. The van der Waals surface area contributed by atoms with Crippen molar-refractivity contribution in [3.63, 3.8) is 0 Å². The van der Waals surface area contributed by atoms with Crippen LogP contribution in [-0.4, -0.2) is 29.1 Å². The zero-order valence-corrected chi connectivity index (χ0v) is 12.3. The molecule has 114 valence electrons. The van der Waals surface area contributed by atoms with E-state index >= 15 is 0 Å². The van der Waals surface area contributed by atoms with Gasteiger partial charge in [-0.1, -0.05) is 38.5 Å². The SMILES string of the molecule is CC1CCCCCCCCC[C@H](O)C(=O)/C=C/C(=O)O1. The molecule has 0 aliphatic carbocycles. The number of hydrogen-bond donors (Lipinski definition) is 1. The smallest absolute Gasteiger partial charge is 0.331 e. The quantitative estimate of drug-likeness (QED) is 0.694. The van der Waals surface area contributed by atoms with Gasteiger partial charge in [0.05, 0.1) is 6.10 Å². The van der Waals surface area contributed by atoms with E-state index < -0.39 is 17.9 Å². The van der Waals surface area contributed by atoms with Crippen molar-refractivity contribution < 1.29 is 19.4 Å². The Kier molecular flexibility index (Phi) is 8.19. The second-order valence-corrected chi connectivity index (χ2v) is 5.55. The molecular weight excluding hydrogens is 256 g/mol. The number of ether oxygens (including phenoxy) is 1. The van der Waals surface area contributed by atoms with Gasteiger partial charge in [-0.25, -0.2) is 4.79 Å². The predicted molar refractivity (Wildman–Crippen MR) is 77.3 cm³/mol. The van der Waals surface area contributed by atoms with Gasteiger partial charge in [-0.15, -0.1) is 0 Å². The average molecular weight is 282 g/mol. The van der Waals surface area contributed by atoms with Crippen LogP contribution < -0.4 is 0 Å². The molecule has 0 saturated carbocycles. The zero-order chi connectivity index (χ0) is 14.8. The molecule has 20 heavy (non-hydrogen) atoms. The van der Waals surface area contributed by atoms with Crippen LogP contribution in [0.1, 0.15) is 64.7 Å². The van der Waals surface area contributed by atoms with Crippen molar-refractivity contribution in [2.24, 2.45) is 0 Å². The first-order valence-corrected chi connectivity index (χ1v) is 7.70. The summed E-state index contributed by atoms with van der Waals surface area (Å²) in [5.41, 5.74) is 0. The summed E-state index contributed by atoms with van der Waals surface area (Å²) in [7, 11) is 0. The Labute approximate surface area is 121 Å². The summed E-state index contributed by atoms with van der Waals surface area (Å²) in [4.78, 5) is 23.1. The van der Waals surface area contributed by atoms with E-state index in [4.69, 9.17) is 4.74 Å². The topological polar surface area (TPSA) is 63.6 Å². The Balaban J connectivity index is 2.52. The molecule has 1 unspecified atom stereocenters. The number of aliphatic hydroxyl groups is 1. The molecular formula is C16H26O4. The molecule has 1 N–H and O–H groups in total. The predicted octanol–water partition coefficient (Wildman–Crippen LogP) is 2.93. The monoisotopic (exact) mass is 282 g/mol. The molecule has 0 spiro atoms. The van der Waals surface area contributed by atoms with Crippen LogP contribution in [-0.2, 0) is 14.3 Å². The molecule has 0 aromatic carbocycles. The van der Waals surface area contributed by atoms with Crippen LogP contribution in [0.15, 0.2) is 12.2 Å². The highest BCUT2D eigenvalue weighted by Crippen LogP contribution is 2.13. The van der Waals surface area contributed by atoms with Crippen molar-refractivity contribution in [1.82, 2.24) is 0 Å². The summed E-state index contributed by atoms with van der Waals surface area (Å²) in [5.74, 6) is -0.924. The zero-order valence-electron chi connectivity index (χ0n) is 12.3. The maximum atomic E-state index is 11.6. The number of hydrogen-bond acceptors (Lipinski definition) is 4. The number of esters is 1.